The molecule has 3 unspecified atom stereocenters. The Morgan fingerprint density at radius 1 is 1.41 bits per heavy atom. The van der Waals surface area contributed by atoms with Crippen LogP contribution in [0.1, 0.15) is 60.3 Å². The standard InChI is InChI=1S/C15H26O2/c1-10(11(2)16)8-12-9-13(15(3,4)5)6-7-14(12)17/h10,12-13H,6-9H2,1-5H3. The van der Waals surface area contributed by atoms with Crippen molar-refractivity contribution in [1.82, 2.24) is 0 Å². The van der Waals surface area contributed by atoms with Crippen molar-refractivity contribution in [2.45, 2.75) is 60.3 Å². The molecule has 0 aromatic rings. The van der Waals surface area contributed by atoms with Gasteiger partial charge in [0.1, 0.15) is 11.6 Å². The fraction of sp³-hybridized carbons (Fsp3) is 0.867. The van der Waals surface area contributed by atoms with Crippen LogP contribution in [0.3, 0.4) is 0 Å². The molecule has 0 amide bonds. The van der Waals surface area contributed by atoms with Gasteiger partial charge in [0.2, 0.25) is 0 Å². The van der Waals surface area contributed by atoms with Crippen LogP contribution in [0.5, 0.6) is 0 Å². The molecular formula is C15H26O2. The van der Waals surface area contributed by atoms with E-state index < -0.39 is 0 Å². The number of rotatable bonds is 3. The largest absolute Gasteiger partial charge is 0.300 e. The molecule has 0 spiro atoms. The first-order chi connectivity index (χ1) is 7.71. The predicted octanol–water partition coefficient (Wildman–Crippen LogP) is 3.63. The van der Waals surface area contributed by atoms with Gasteiger partial charge in [-0.15, -0.1) is 0 Å². The van der Waals surface area contributed by atoms with E-state index in [9.17, 15) is 9.59 Å². The Labute approximate surface area is 105 Å². The van der Waals surface area contributed by atoms with Crippen LogP contribution in [-0.4, -0.2) is 11.6 Å². The highest BCUT2D eigenvalue weighted by Crippen LogP contribution is 2.40. The number of Topliss-reactive ketones (excluding diaryl/α,β-unsaturated/α-hetero) is 2. The molecule has 0 aliphatic heterocycles. The number of hydrogen-bond donors (Lipinski definition) is 0. The number of carbonyl (C=O) groups excluding carboxylic acids is 2. The maximum Gasteiger partial charge on any atom is 0.136 e. The highest BCUT2D eigenvalue weighted by atomic mass is 16.1. The van der Waals surface area contributed by atoms with Gasteiger partial charge in [-0.25, -0.2) is 0 Å². The van der Waals surface area contributed by atoms with Gasteiger partial charge in [-0.2, -0.15) is 0 Å². The van der Waals surface area contributed by atoms with E-state index >= 15 is 0 Å². The lowest BCUT2D eigenvalue weighted by Gasteiger charge is -2.37. The summed E-state index contributed by atoms with van der Waals surface area (Å²) < 4.78 is 0. The van der Waals surface area contributed by atoms with Gasteiger partial charge in [0.25, 0.3) is 0 Å². The molecule has 0 aromatic carbocycles. The lowest BCUT2D eigenvalue weighted by Crippen LogP contribution is -2.33. The average molecular weight is 238 g/mol. The minimum absolute atomic E-state index is 0.0302. The second kappa shape index (κ2) is 5.32. The van der Waals surface area contributed by atoms with Crippen LogP contribution in [0.15, 0.2) is 0 Å². The van der Waals surface area contributed by atoms with Crippen molar-refractivity contribution in [3.8, 4) is 0 Å². The first-order valence-corrected chi connectivity index (χ1v) is 6.75. The fourth-order valence-electron chi connectivity index (χ4n) is 2.72. The van der Waals surface area contributed by atoms with E-state index in [1.807, 2.05) is 6.92 Å². The van der Waals surface area contributed by atoms with Crippen molar-refractivity contribution in [3.63, 3.8) is 0 Å². The molecule has 17 heavy (non-hydrogen) atoms. The van der Waals surface area contributed by atoms with Crippen molar-refractivity contribution >= 4 is 11.6 Å². The van der Waals surface area contributed by atoms with Crippen LogP contribution in [0.4, 0.5) is 0 Å². The summed E-state index contributed by atoms with van der Waals surface area (Å²) in [5.41, 5.74) is 0.276. The summed E-state index contributed by atoms with van der Waals surface area (Å²) in [6, 6.07) is 0. The molecule has 1 aliphatic carbocycles. The van der Waals surface area contributed by atoms with Crippen LogP contribution in [-0.2, 0) is 9.59 Å². The third-order valence-corrected chi connectivity index (χ3v) is 4.32. The second-order valence-corrected chi connectivity index (χ2v) is 6.75. The molecule has 98 valence electrons. The van der Waals surface area contributed by atoms with Gasteiger partial charge < -0.3 is 0 Å². The average Bonchev–Trinajstić information content (AvgIpc) is 2.19. The molecule has 2 nitrogen and oxygen atoms in total. The molecule has 0 aromatic heterocycles. The number of hydrogen-bond acceptors (Lipinski definition) is 2. The van der Waals surface area contributed by atoms with Gasteiger partial charge in [0.05, 0.1) is 0 Å². The third kappa shape index (κ3) is 3.93. The normalized spacial score (nSPS) is 27.9. The zero-order valence-electron chi connectivity index (χ0n) is 11.9. The summed E-state index contributed by atoms with van der Waals surface area (Å²) in [4.78, 5) is 23.2. The van der Waals surface area contributed by atoms with Crippen LogP contribution in [0.25, 0.3) is 0 Å². The molecule has 1 aliphatic rings. The minimum atomic E-state index is 0.0302. The molecule has 0 radical (unpaired) electrons. The van der Waals surface area contributed by atoms with Gasteiger partial charge in [-0.3, -0.25) is 9.59 Å². The van der Waals surface area contributed by atoms with Crippen LogP contribution >= 0.6 is 0 Å². The van der Waals surface area contributed by atoms with Crippen molar-refractivity contribution in [3.05, 3.63) is 0 Å². The van der Waals surface area contributed by atoms with Crippen LogP contribution < -0.4 is 0 Å². The van der Waals surface area contributed by atoms with Crippen molar-refractivity contribution in [2.24, 2.45) is 23.2 Å². The molecule has 0 saturated heterocycles. The molecule has 0 heterocycles. The highest BCUT2D eigenvalue weighted by molar-refractivity contribution is 5.83. The Balaban J connectivity index is 2.64. The smallest absolute Gasteiger partial charge is 0.136 e. The highest BCUT2D eigenvalue weighted by Gasteiger charge is 2.35. The number of ketones is 2. The van der Waals surface area contributed by atoms with Gasteiger partial charge >= 0.3 is 0 Å². The van der Waals surface area contributed by atoms with Gasteiger partial charge in [-0.1, -0.05) is 27.7 Å². The summed E-state index contributed by atoms with van der Waals surface area (Å²) in [5.74, 6) is 1.34. The first-order valence-electron chi connectivity index (χ1n) is 6.75. The van der Waals surface area contributed by atoms with E-state index in [2.05, 4.69) is 20.8 Å². The topological polar surface area (TPSA) is 34.1 Å². The summed E-state index contributed by atoms with van der Waals surface area (Å²) in [7, 11) is 0. The summed E-state index contributed by atoms with van der Waals surface area (Å²) in [5, 5.41) is 0. The maximum atomic E-state index is 11.9. The Hall–Kier alpha value is -0.660. The van der Waals surface area contributed by atoms with E-state index in [4.69, 9.17) is 0 Å². The molecular weight excluding hydrogens is 212 g/mol. The fourth-order valence-corrected chi connectivity index (χ4v) is 2.72. The summed E-state index contributed by atoms with van der Waals surface area (Å²) in [6.45, 7) is 10.3. The second-order valence-electron chi connectivity index (χ2n) is 6.75. The van der Waals surface area contributed by atoms with E-state index in [0.29, 0.717) is 18.1 Å². The molecule has 1 rings (SSSR count). The zero-order chi connectivity index (χ0) is 13.2. The monoisotopic (exact) mass is 238 g/mol. The Bertz CT molecular complexity index is 299. The Morgan fingerprint density at radius 3 is 2.47 bits per heavy atom. The van der Waals surface area contributed by atoms with Gasteiger partial charge in [-0.05, 0) is 37.5 Å². The quantitative estimate of drug-likeness (QED) is 0.752. The van der Waals surface area contributed by atoms with E-state index in [1.165, 1.54) is 0 Å². The molecule has 2 heteroatoms. The Kier molecular flexibility index (Phi) is 4.51. The van der Waals surface area contributed by atoms with E-state index in [1.54, 1.807) is 6.92 Å². The van der Waals surface area contributed by atoms with Crippen molar-refractivity contribution in [2.75, 3.05) is 0 Å². The van der Waals surface area contributed by atoms with Crippen molar-refractivity contribution < 1.29 is 9.59 Å². The molecule has 0 bridgehead atoms. The van der Waals surface area contributed by atoms with E-state index in [0.717, 1.165) is 19.3 Å². The molecule has 1 saturated carbocycles. The summed E-state index contributed by atoms with van der Waals surface area (Å²) >= 11 is 0. The SMILES string of the molecule is CC(=O)C(C)CC1CC(C(C)(C)C)CCC1=O. The van der Waals surface area contributed by atoms with Crippen LogP contribution in [0.2, 0.25) is 0 Å². The zero-order valence-corrected chi connectivity index (χ0v) is 11.9. The van der Waals surface area contributed by atoms with Gasteiger partial charge in [0, 0.05) is 18.3 Å². The third-order valence-electron chi connectivity index (χ3n) is 4.32. The van der Waals surface area contributed by atoms with Crippen molar-refractivity contribution in [1.29, 1.82) is 0 Å². The van der Waals surface area contributed by atoms with E-state index in [-0.39, 0.29) is 23.0 Å². The lowest BCUT2D eigenvalue weighted by atomic mass is 9.67. The van der Waals surface area contributed by atoms with Gasteiger partial charge in [0.15, 0.2) is 0 Å². The maximum absolute atomic E-state index is 11.9. The summed E-state index contributed by atoms with van der Waals surface area (Å²) in [6.07, 6.45) is 3.45. The van der Waals surface area contributed by atoms with Crippen LogP contribution in [0, 0.1) is 23.2 Å². The number of carbonyl (C=O) groups is 2. The Morgan fingerprint density at radius 2 is 2.00 bits per heavy atom. The minimum Gasteiger partial charge on any atom is -0.300 e. The predicted molar refractivity (Wildman–Crippen MR) is 69.8 cm³/mol. The molecule has 1 fully saturated rings. The molecule has 0 N–H and O–H groups in total. The lowest BCUT2D eigenvalue weighted by molar-refractivity contribution is -0.128. The molecule has 3 atom stereocenters. The first kappa shape index (κ1) is 14.4.